The Balaban J connectivity index is 2.11. The number of benzene rings is 2. The Kier molecular flexibility index (Phi) is 4.57. The highest BCUT2D eigenvalue weighted by atomic mass is 35.5. The van der Waals surface area contributed by atoms with Crippen molar-refractivity contribution < 1.29 is 4.92 Å². The second-order valence-corrected chi connectivity index (χ2v) is 6.16. The quantitative estimate of drug-likeness (QED) is 0.537. The van der Waals surface area contributed by atoms with E-state index in [1.165, 1.54) is 18.2 Å². The predicted octanol–water partition coefficient (Wildman–Crippen LogP) is 4.53. The van der Waals surface area contributed by atoms with Gasteiger partial charge in [0, 0.05) is 6.07 Å². The molecule has 0 radical (unpaired) electrons. The number of rotatable bonds is 3. The van der Waals surface area contributed by atoms with Crippen LogP contribution in [0.2, 0.25) is 5.02 Å². The van der Waals surface area contributed by atoms with Crippen molar-refractivity contribution >= 4 is 50.9 Å². The van der Waals surface area contributed by atoms with E-state index in [1.54, 1.807) is 18.2 Å². The third-order valence-electron chi connectivity index (χ3n) is 3.62. The van der Waals surface area contributed by atoms with Crippen LogP contribution in [-0.4, -0.2) is 14.9 Å². The zero-order chi connectivity index (χ0) is 18.1. The van der Waals surface area contributed by atoms with Gasteiger partial charge in [-0.25, -0.2) is 4.98 Å². The van der Waals surface area contributed by atoms with Crippen LogP contribution in [0.4, 0.5) is 5.69 Å². The largest absolute Gasteiger partial charge is 0.305 e. The van der Waals surface area contributed by atoms with Gasteiger partial charge in [-0.2, -0.15) is 0 Å². The lowest BCUT2D eigenvalue weighted by molar-refractivity contribution is -0.384. The molecule has 0 atom stereocenters. The van der Waals surface area contributed by atoms with Crippen molar-refractivity contribution in [2.24, 2.45) is 0 Å². The number of H-pyrrole nitrogens is 1. The molecular weight excluding hydrogens is 365 g/mol. The van der Waals surface area contributed by atoms with Crippen molar-refractivity contribution in [1.82, 2.24) is 9.97 Å². The fourth-order valence-corrected chi connectivity index (χ4v) is 2.79. The number of nitrogens with one attached hydrogen (secondary N) is 1. The van der Waals surface area contributed by atoms with Crippen LogP contribution in [0, 0.1) is 17.0 Å². The SMILES string of the molecule is Cc1cccc2c(=O)[nH]c(/C(Cl)=C/c3ccc(Cl)c([N+](=O)[O-])c3)nc12. The van der Waals surface area contributed by atoms with Gasteiger partial charge in [0.2, 0.25) is 0 Å². The third-order valence-corrected chi connectivity index (χ3v) is 4.23. The minimum absolute atomic E-state index is 0.0335. The molecule has 0 spiro atoms. The summed E-state index contributed by atoms with van der Waals surface area (Å²) in [6.07, 6.45) is 1.48. The smallest absolute Gasteiger partial charge is 0.288 e. The number of halogens is 2. The molecular formula is C17H11Cl2N3O3. The van der Waals surface area contributed by atoms with E-state index in [0.717, 1.165) is 5.56 Å². The summed E-state index contributed by atoms with van der Waals surface area (Å²) in [7, 11) is 0. The van der Waals surface area contributed by atoms with Crippen LogP contribution in [0.5, 0.6) is 0 Å². The van der Waals surface area contributed by atoms with E-state index in [2.05, 4.69) is 9.97 Å². The Morgan fingerprint density at radius 1 is 1.32 bits per heavy atom. The van der Waals surface area contributed by atoms with Gasteiger partial charge in [-0.15, -0.1) is 0 Å². The zero-order valence-electron chi connectivity index (χ0n) is 12.9. The number of nitrogens with zero attached hydrogens (tertiary/aromatic N) is 2. The molecule has 0 saturated heterocycles. The summed E-state index contributed by atoms with van der Waals surface area (Å²) in [5, 5.41) is 11.6. The lowest BCUT2D eigenvalue weighted by Crippen LogP contribution is -2.11. The van der Waals surface area contributed by atoms with Gasteiger partial charge >= 0.3 is 0 Å². The number of hydrogen-bond acceptors (Lipinski definition) is 4. The average molecular weight is 376 g/mol. The summed E-state index contributed by atoms with van der Waals surface area (Å²) in [4.78, 5) is 29.6. The lowest BCUT2D eigenvalue weighted by Gasteiger charge is -2.04. The van der Waals surface area contributed by atoms with Crippen LogP contribution < -0.4 is 5.56 Å². The van der Waals surface area contributed by atoms with Gasteiger partial charge in [0.1, 0.15) is 5.02 Å². The van der Waals surface area contributed by atoms with Gasteiger partial charge < -0.3 is 4.98 Å². The molecule has 0 aliphatic rings. The fraction of sp³-hybridized carbons (Fsp3) is 0.0588. The molecule has 25 heavy (non-hydrogen) atoms. The number of hydrogen-bond donors (Lipinski definition) is 1. The number of aromatic amines is 1. The van der Waals surface area contributed by atoms with E-state index in [-0.39, 0.29) is 27.1 Å². The molecule has 0 aliphatic carbocycles. The van der Waals surface area contributed by atoms with Crippen molar-refractivity contribution in [3.63, 3.8) is 0 Å². The van der Waals surface area contributed by atoms with E-state index in [0.29, 0.717) is 16.5 Å². The summed E-state index contributed by atoms with van der Waals surface area (Å²) in [6.45, 7) is 1.85. The Morgan fingerprint density at radius 3 is 2.80 bits per heavy atom. The van der Waals surface area contributed by atoms with Crippen molar-refractivity contribution in [2.45, 2.75) is 6.92 Å². The van der Waals surface area contributed by atoms with E-state index >= 15 is 0 Å². The molecule has 3 aromatic rings. The summed E-state index contributed by atoms with van der Waals surface area (Å²) in [6, 6.07) is 9.60. The summed E-state index contributed by atoms with van der Waals surface area (Å²) >= 11 is 12.1. The summed E-state index contributed by atoms with van der Waals surface area (Å²) < 4.78 is 0. The molecule has 0 bridgehead atoms. The van der Waals surface area contributed by atoms with Crippen molar-refractivity contribution in [1.29, 1.82) is 0 Å². The van der Waals surface area contributed by atoms with E-state index in [9.17, 15) is 14.9 Å². The standard InChI is InChI=1S/C17H11Cl2N3O3/c1-9-3-2-4-11-15(9)20-16(21-17(11)23)13(19)7-10-5-6-12(18)14(8-10)22(24)25/h2-8H,1H3,(H,20,21,23)/b13-7-. The molecule has 1 aromatic heterocycles. The molecule has 1 heterocycles. The fourth-order valence-electron chi connectivity index (χ4n) is 2.39. The minimum Gasteiger partial charge on any atom is -0.305 e. The van der Waals surface area contributed by atoms with Crippen LogP contribution in [0.3, 0.4) is 0 Å². The number of fused-ring (bicyclic) bond motifs is 1. The second kappa shape index (κ2) is 6.66. The molecule has 3 rings (SSSR count). The molecule has 8 heteroatoms. The zero-order valence-corrected chi connectivity index (χ0v) is 14.4. The van der Waals surface area contributed by atoms with Crippen LogP contribution in [-0.2, 0) is 0 Å². The maximum atomic E-state index is 12.2. The molecule has 0 saturated carbocycles. The Bertz CT molecular complexity index is 1090. The number of aromatic nitrogens is 2. The van der Waals surface area contributed by atoms with Gasteiger partial charge in [-0.05, 0) is 36.3 Å². The highest BCUT2D eigenvalue weighted by Crippen LogP contribution is 2.28. The highest BCUT2D eigenvalue weighted by Gasteiger charge is 2.13. The molecule has 6 nitrogen and oxygen atoms in total. The van der Waals surface area contributed by atoms with Gasteiger partial charge in [0.15, 0.2) is 5.82 Å². The maximum absolute atomic E-state index is 12.2. The first-order valence-electron chi connectivity index (χ1n) is 7.18. The van der Waals surface area contributed by atoms with E-state index in [1.807, 2.05) is 13.0 Å². The van der Waals surface area contributed by atoms with Crippen LogP contribution >= 0.6 is 23.2 Å². The van der Waals surface area contributed by atoms with Gasteiger partial charge in [0.05, 0.1) is 20.9 Å². The molecule has 2 aromatic carbocycles. The normalized spacial score (nSPS) is 11.7. The van der Waals surface area contributed by atoms with E-state index < -0.39 is 4.92 Å². The average Bonchev–Trinajstić information content (AvgIpc) is 2.57. The Hall–Kier alpha value is -2.70. The van der Waals surface area contributed by atoms with Gasteiger partial charge in [0.25, 0.3) is 11.2 Å². The molecule has 0 aliphatic heterocycles. The summed E-state index contributed by atoms with van der Waals surface area (Å²) in [5.41, 5.74) is 1.33. The first-order valence-corrected chi connectivity index (χ1v) is 7.93. The third kappa shape index (κ3) is 3.40. The van der Waals surface area contributed by atoms with Gasteiger partial charge in [-0.1, -0.05) is 41.4 Å². The minimum atomic E-state index is -0.576. The number of para-hydroxylation sites is 1. The number of aryl methyl sites for hydroxylation is 1. The summed E-state index contributed by atoms with van der Waals surface area (Å²) in [5.74, 6) is 0.186. The monoisotopic (exact) mass is 375 g/mol. The van der Waals surface area contributed by atoms with Crippen molar-refractivity contribution in [2.75, 3.05) is 0 Å². The molecule has 0 amide bonds. The Labute approximate surface area is 151 Å². The van der Waals surface area contributed by atoms with Crippen LogP contribution in [0.15, 0.2) is 41.2 Å². The van der Waals surface area contributed by atoms with Crippen molar-refractivity contribution in [3.05, 3.63) is 78.8 Å². The molecule has 126 valence electrons. The lowest BCUT2D eigenvalue weighted by atomic mass is 10.1. The molecule has 0 unspecified atom stereocenters. The highest BCUT2D eigenvalue weighted by molar-refractivity contribution is 6.50. The molecule has 1 N–H and O–H groups in total. The first kappa shape index (κ1) is 17.1. The van der Waals surface area contributed by atoms with Crippen LogP contribution in [0.25, 0.3) is 22.0 Å². The van der Waals surface area contributed by atoms with Crippen LogP contribution in [0.1, 0.15) is 17.0 Å². The predicted molar refractivity (Wildman–Crippen MR) is 98.9 cm³/mol. The maximum Gasteiger partial charge on any atom is 0.288 e. The van der Waals surface area contributed by atoms with Crippen molar-refractivity contribution in [3.8, 4) is 0 Å². The molecule has 0 fully saturated rings. The topological polar surface area (TPSA) is 88.9 Å². The van der Waals surface area contributed by atoms with Gasteiger partial charge in [-0.3, -0.25) is 14.9 Å². The number of nitro groups is 1. The Morgan fingerprint density at radius 2 is 2.08 bits per heavy atom. The second-order valence-electron chi connectivity index (χ2n) is 5.35. The van der Waals surface area contributed by atoms with E-state index in [4.69, 9.17) is 23.2 Å². The first-order chi connectivity index (χ1) is 11.9. The number of nitro benzene ring substituents is 1.